The maximum atomic E-state index is 10.4. The van der Waals surface area contributed by atoms with Crippen molar-refractivity contribution in [2.24, 2.45) is 5.73 Å². The van der Waals surface area contributed by atoms with Crippen LogP contribution in [0.4, 0.5) is 11.4 Å². The van der Waals surface area contributed by atoms with Crippen LogP contribution in [0, 0.1) is 20.9 Å². The minimum Gasteiger partial charge on any atom is -0.370 e. The molecule has 1 aromatic carbocycles. The zero-order valence-electron chi connectivity index (χ0n) is 8.15. The molecule has 6 N–H and O–H groups in total. The molecule has 0 unspecified atom stereocenters. The minimum absolute atomic E-state index is 0.0309. The lowest BCUT2D eigenvalue weighted by atomic mass is 10.3. The molecule has 0 aliphatic heterocycles. The molecule has 0 heterocycles. The molecule has 8 nitrogen and oxygen atoms in total. The quantitative estimate of drug-likeness (QED) is 0.213. The molecule has 0 bridgehead atoms. The lowest BCUT2D eigenvalue weighted by Crippen LogP contribution is -2.39. The lowest BCUT2D eigenvalue weighted by Gasteiger charge is -2.07. The van der Waals surface area contributed by atoms with Gasteiger partial charge in [-0.15, -0.1) is 0 Å². The Kier molecular flexibility index (Phi) is 3.38. The van der Waals surface area contributed by atoms with Crippen LogP contribution in [-0.4, -0.2) is 16.8 Å². The molecule has 84 valence electrons. The van der Waals surface area contributed by atoms with Gasteiger partial charge in [-0.25, -0.2) is 0 Å². The number of nitro groups is 1. The Morgan fingerprint density at radius 1 is 1.31 bits per heavy atom. The SMILES string of the molecule is N=C(N)NC(=N)Nc1ccc([N+](=O)[O-])cc1. The Hall–Kier alpha value is -2.64. The smallest absolute Gasteiger partial charge is 0.269 e. The van der Waals surface area contributed by atoms with Gasteiger partial charge in [-0.05, 0) is 12.1 Å². The van der Waals surface area contributed by atoms with Crippen molar-refractivity contribution in [2.45, 2.75) is 0 Å². The van der Waals surface area contributed by atoms with Gasteiger partial charge in [-0.3, -0.25) is 26.2 Å². The summed E-state index contributed by atoms with van der Waals surface area (Å²) in [6.07, 6.45) is 0. The van der Waals surface area contributed by atoms with Gasteiger partial charge in [0.05, 0.1) is 4.92 Å². The Balaban J connectivity index is 2.65. The number of nitrogens with two attached hydrogens (primary N) is 1. The number of hydrogen-bond acceptors (Lipinski definition) is 4. The predicted octanol–water partition coefficient (Wildman–Crippen LogP) is 0.425. The average molecular weight is 222 g/mol. The van der Waals surface area contributed by atoms with Crippen molar-refractivity contribution in [3.8, 4) is 0 Å². The fourth-order valence-corrected chi connectivity index (χ4v) is 0.977. The van der Waals surface area contributed by atoms with E-state index in [2.05, 4.69) is 10.6 Å². The van der Waals surface area contributed by atoms with Gasteiger partial charge >= 0.3 is 0 Å². The molecule has 0 saturated heterocycles. The number of hydrogen-bond donors (Lipinski definition) is 5. The zero-order valence-corrected chi connectivity index (χ0v) is 8.15. The van der Waals surface area contributed by atoms with E-state index in [1.54, 1.807) is 0 Å². The molecule has 0 fully saturated rings. The van der Waals surface area contributed by atoms with Gasteiger partial charge in [0.15, 0.2) is 11.9 Å². The van der Waals surface area contributed by atoms with Crippen molar-refractivity contribution in [1.29, 1.82) is 10.8 Å². The number of nitrogens with zero attached hydrogens (tertiary/aromatic N) is 1. The van der Waals surface area contributed by atoms with Crippen molar-refractivity contribution in [3.05, 3.63) is 34.4 Å². The van der Waals surface area contributed by atoms with Crippen LogP contribution in [0.15, 0.2) is 24.3 Å². The van der Waals surface area contributed by atoms with E-state index in [4.69, 9.17) is 16.6 Å². The van der Waals surface area contributed by atoms with Gasteiger partial charge in [-0.1, -0.05) is 0 Å². The summed E-state index contributed by atoms with van der Waals surface area (Å²) in [5.74, 6) is -0.541. The highest BCUT2D eigenvalue weighted by molar-refractivity contribution is 6.02. The van der Waals surface area contributed by atoms with Crippen LogP contribution < -0.4 is 16.4 Å². The molecular formula is C8H10N6O2. The van der Waals surface area contributed by atoms with Crippen molar-refractivity contribution in [3.63, 3.8) is 0 Å². The molecule has 0 amide bonds. The monoisotopic (exact) mass is 222 g/mol. The number of benzene rings is 1. The van der Waals surface area contributed by atoms with E-state index < -0.39 is 4.92 Å². The van der Waals surface area contributed by atoms with E-state index in [-0.39, 0.29) is 17.6 Å². The van der Waals surface area contributed by atoms with Crippen molar-refractivity contribution in [2.75, 3.05) is 5.32 Å². The highest BCUT2D eigenvalue weighted by Crippen LogP contribution is 2.14. The third-order valence-corrected chi connectivity index (χ3v) is 1.61. The molecule has 0 radical (unpaired) electrons. The molecular weight excluding hydrogens is 212 g/mol. The van der Waals surface area contributed by atoms with E-state index in [0.717, 1.165) is 0 Å². The second-order valence-electron chi connectivity index (χ2n) is 2.84. The topological polar surface area (TPSA) is 141 Å². The average Bonchev–Trinajstić information content (AvgIpc) is 2.16. The number of anilines is 1. The van der Waals surface area contributed by atoms with Crippen LogP contribution in [0.25, 0.3) is 0 Å². The van der Waals surface area contributed by atoms with Gasteiger partial charge in [0.1, 0.15) is 0 Å². The van der Waals surface area contributed by atoms with Crippen molar-refractivity contribution in [1.82, 2.24) is 5.32 Å². The number of nitro benzene ring substituents is 1. The van der Waals surface area contributed by atoms with Gasteiger partial charge < -0.3 is 11.1 Å². The van der Waals surface area contributed by atoms with Crippen molar-refractivity contribution >= 4 is 23.3 Å². The molecule has 8 heteroatoms. The summed E-state index contributed by atoms with van der Waals surface area (Å²) in [7, 11) is 0. The summed E-state index contributed by atoms with van der Waals surface area (Å²) in [6, 6.07) is 5.52. The van der Waals surface area contributed by atoms with Gasteiger partial charge in [0.2, 0.25) is 0 Å². The summed E-state index contributed by atoms with van der Waals surface area (Å²) in [5.41, 5.74) is 5.47. The first-order valence-corrected chi connectivity index (χ1v) is 4.20. The standard InChI is InChI=1S/C8H10N6O2/c9-7(10)13-8(11)12-5-1-3-6(4-2-5)14(15)16/h1-4H,(H6,9,10,11,12,13). The molecule has 1 aromatic rings. The Bertz CT molecular complexity index is 427. The van der Waals surface area contributed by atoms with Gasteiger partial charge in [-0.2, -0.15) is 0 Å². The third kappa shape index (κ3) is 3.25. The minimum atomic E-state index is -0.511. The maximum absolute atomic E-state index is 10.4. The van der Waals surface area contributed by atoms with E-state index >= 15 is 0 Å². The molecule has 0 aliphatic carbocycles. The Labute approximate surface area is 90.6 Å². The molecule has 0 saturated carbocycles. The second kappa shape index (κ2) is 4.73. The molecule has 0 spiro atoms. The number of rotatable bonds is 2. The normalized spacial score (nSPS) is 9.25. The first kappa shape index (κ1) is 11.4. The molecule has 16 heavy (non-hydrogen) atoms. The first-order chi connectivity index (χ1) is 7.49. The highest BCUT2D eigenvalue weighted by atomic mass is 16.6. The Morgan fingerprint density at radius 2 is 1.88 bits per heavy atom. The summed E-state index contributed by atoms with van der Waals surface area (Å²) in [4.78, 5) is 9.85. The third-order valence-electron chi connectivity index (χ3n) is 1.61. The molecule has 0 aromatic heterocycles. The lowest BCUT2D eigenvalue weighted by molar-refractivity contribution is -0.384. The van der Waals surface area contributed by atoms with E-state index in [9.17, 15) is 10.1 Å². The summed E-state index contributed by atoms with van der Waals surface area (Å²) in [6.45, 7) is 0. The molecule has 1 rings (SSSR count). The maximum Gasteiger partial charge on any atom is 0.269 e. The van der Waals surface area contributed by atoms with Crippen LogP contribution in [0.2, 0.25) is 0 Å². The Morgan fingerprint density at radius 3 is 2.31 bits per heavy atom. The van der Waals surface area contributed by atoms with Crippen LogP contribution in [0.5, 0.6) is 0 Å². The van der Waals surface area contributed by atoms with E-state index in [1.165, 1.54) is 24.3 Å². The fraction of sp³-hybridized carbons (Fsp3) is 0. The van der Waals surface area contributed by atoms with Gasteiger partial charge in [0.25, 0.3) is 5.69 Å². The van der Waals surface area contributed by atoms with E-state index in [0.29, 0.717) is 5.69 Å². The van der Waals surface area contributed by atoms with Gasteiger partial charge in [0, 0.05) is 17.8 Å². The van der Waals surface area contributed by atoms with Crippen LogP contribution in [0.1, 0.15) is 0 Å². The second-order valence-corrected chi connectivity index (χ2v) is 2.84. The summed E-state index contributed by atoms with van der Waals surface area (Å²) in [5, 5.41) is 29.4. The van der Waals surface area contributed by atoms with Crippen LogP contribution in [0.3, 0.4) is 0 Å². The largest absolute Gasteiger partial charge is 0.370 e. The summed E-state index contributed by atoms with van der Waals surface area (Å²) < 4.78 is 0. The summed E-state index contributed by atoms with van der Waals surface area (Å²) >= 11 is 0. The highest BCUT2D eigenvalue weighted by Gasteiger charge is 2.04. The number of nitrogens with one attached hydrogen (secondary N) is 4. The predicted molar refractivity (Wildman–Crippen MR) is 59.5 cm³/mol. The van der Waals surface area contributed by atoms with Crippen LogP contribution in [-0.2, 0) is 0 Å². The van der Waals surface area contributed by atoms with Crippen molar-refractivity contribution < 1.29 is 4.92 Å². The first-order valence-electron chi connectivity index (χ1n) is 4.20. The van der Waals surface area contributed by atoms with E-state index in [1.807, 2.05) is 0 Å². The number of guanidine groups is 2. The zero-order chi connectivity index (χ0) is 12.1. The number of non-ortho nitro benzene ring substituents is 1. The fourth-order valence-electron chi connectivity index (χ4n) is 0.977. The molecule has 0 aliphatic rings. The van der Waals surface area contributed by atoms with Crippen LogP contribution >= 0.6 is 0 Å². The molecule has 0 atom stereocenters.